The van der Waals surface area contributed by atoms with Crippen LogP contribution in [0.4, 0.5) is 0 Å². The number of ether oxygens (including phenoxy) is 1. The Morgan fingerprint density at radius 1 is 1.32 bits per heavy atom. The van der Waals surface area contributed by atoms with E-state index in [0.717, 1.165) is 11.5 Å². The number of hydrogen-bond acceptors (Lipinski definition) is 6. The smallest absolute Gasteiger partial charge is 0.191 e. The van der Waals surface area contributed by atoms with Gasteiger partial charge in [0.15, 0.2) is 5.89 Å². The molecule has 7 heteroatoms. The molecule has 0 spiro atoms. The van der Waals surface area contributed by atoms with Crippen LogP contribution in [0.1, 0.15) is 23.0 Å². The molecule has 0 amide bonds. The lowest BCUT2D eigenvalue weighted by molar-refractivity contribution is 0.299. The Kier molecular flexibility index (Phi) is 3.78. The average molecular weight is 300 g/mol. The summed E-state index contributed by atoms with van der Waals surface area (Å²) in [5.41, 5.74) is 1.53. The summed E-state index contributed by atoms with van der Waals surface area (Å²) >= 11 is 0. The summed E-state index contributed by atoms with van der Waals surface area (Å²) < 4.78 is 12.6. The Labute approximate surface area is 127 Å². The topological polar surface area (TPSA) is 86.2 Å². The molecule has 3 rings (SSSR count). The molecule has 0 bridgehead atoms. The fraction of sp³-hybridized carbons (Fsp3) is 0.267. The van der Waals surface area contributed by atoms with Gasteiger partial charge in [-0.05, 0) is 19.1 Å². The molecule has 114 valence electrons. The van der Waals surface area contributed by atoms with E-state index >= 15 is 0 Å². The molecule has 0 saturated heterocycles. The Balaban J connectivity index is 1.63. The van der Waals surface area contributed by atoms with Gasteiger partial charge in [0.1, 0.15) is 35.3 Å². The molecular formula is C15H16N4O3. The second kappa shape index (κ2) is 5.88. The fourth-order valence-electron chi connectivity index (χ4n) is 2.08. The van der Waals surface area contributed by atoms with Crippen LogP contribution in [-0.4, -0.2) is 25.1 Å². The first-order chi connectivity index (χ1) is 10.6. The number of oxazole rings is 1. The van der Waals surface area contributed by atoms with Crippen molar-refractivity contribution in [2.75, 3.05) is 0 Å². The zero-order chi connectivity index (χ0) is 15.5. The highest BCUT2D eigenvalue weighted by Gasteiger charge is 2.09. The Morgan fingerprint density at radius 3 is 2.91 bits per heavy atom. The summed E-state index contributed by atoms with van der Waals surface area (Å²) in [5, 5.41) is 17.5. The van der Waals surface area contributed by atoms with Crippen molar-refractivity contribution in [1.29, 1.82) is 0 Å². The van der Waals surface area contributed by atoms with Crippen molar-refractivity contribution in [1.82, 2.24) is 20.0 Å². The van der Waals surface area contributed by atoms with Crippen LogP contribution in [0, 0.1) is 13.8 Å². The van der Waals surface area contributed by atoms with Crippen LogP contribution in [0.5, 0.6) is 11.5 Å². The van der Waals surface area contributed by atoms with Gasteiger partial charge in [-0.2, -0.15) is 0 Å². The predicted octanol–water partition coefficient (Wildman–Crippen LogP) is 2.22. The van der Waals surface area contributed by atoms with Crippen LogP contribution in [-0.2, 0) is 13.2 Å². The molecule has 0 aliphatic carbocycles. The second-order valence-corrected chi connectivity index (χ2v) is 4.93. The first kappa shape index (κ1) is 14.1. The number of phenols is 1. The first-order valence-electron chi connectivity index (χ1n) is 6.84. The van der Waals surface area contributed by atoms with Gasteiger partial charge in [0.25, 0.3) is 0 Å². The quantitative estimate of drug-likeness (QED) is 0.777. The van der Waals surface area contributed by atoms with E-state index in [4.69, 9.17) is 9.15 Å². The van der Waals surface area contributed by atoms with Crippen molar-refractivity contribution in [2.24, 2.45) is 0 Å². The maximum Gasteiger partial charge on any atom is 0.191 e. The Morgan fingerprint density at radius 2 is 2.18 bits per heavy atom. The predicted molar refractivity (Wildman–Crippen MR) is 77.5 cm³/mol. The molecule has 22 heavy (non-hydrogen) atoms. The molecule has 0 aliphatic rings. The monoisotopic (exact) mass is 300 g/mol. The van der Waals surface area contributed by atoms with E-state index in [1.807, 2.05) is 13.8 Å². The van der Waals surface area contributed by atoms with Gasteiger partial charge in [0.05, 0.1) is 12.7 Å². The summed E-state index contributed by atoms with van der Waals surface area (Å²) in [6.45, 7) is 4.47. The lowest BCUT2D eigenvalue weighted by Gasteiger charge is -2.03. The minimum absolute atomic E-state index is 0.165. The van der Waals surface area contributed by atoms with E-state index in [2.05, 4.69) is 15.3 Å². The maximum atomic E-state index is 9.38. The number of aryl methyl sites for hydroxylation is 2. The molecular weight excluding hydrogens is 284 g/mol. The second-order valence-electron chi connectivity index (χ2n) is 4.93. The third-order valence-corrected chi connectivity index (χ3v) is 3.10. The zero-order valence-electron chi connectivity index (χ0n) is 12.4. The highest BCUT2D eigenvalue weighted by atomic mass is 16.5. The van der Waals surface area contributed by atoms with Crippen LogP contribution in [0.25, 0.3) is 0 Å². The van der Waals surface area contributed by atoms with Gasteiger partial charge in [-0.15, -0.1) is 5.10 Å². The largest absolute Gasteiger partial charge is 0.508 e. The Hall–Kier alpha value is -2.83. The maximum absolute atomic E-state index is 9.38. The van der Waals surface area contributed by atoms with Crippen molar-refractivity contribution < 1.29 is 14.3 Å². The van der Waals surface area contributed by atoms with Gasteiger partial charge in [0, 0.05) is 13.0 Å². The van der Waals surface area contributed by atoms with Gasteiger partial charge >= 0.3 is 0 Å². The normalized spacial score (nSPS) is 10.8. The molecule has 7 nitrogen and oxygen atoms in total. The highest BCUT2D eigenvalue weighted by molar-refractivity contribution is 5.31. The van der Waals surface area contributed by atoms with E-state index in [-0.39, 0.29) is 12.4 Å². The van der Waals surface area contributed by atoms with Gasteiger partial charge in [-0.1, -0.05) is 11.3 Å². The first-order valence-corrected chi connectivity index (χ1v) is 6.84. The molecule has 1 N–H and O–H groups in total. The van der Waals surface area contributed by atoms with Crippen molar-refractivity contribution in [2.45, 2.75) is 27.0 Å². The average Bonchev–Trinajstić information content (AvgIpc) is 3.04. The number of aromatic nitrogens is 4. The minimum Gasteiger partial charge on any atom is -0.508 e. The molecule has 0 unspecified atom stereocenters. The Bertz CT molecular complexity index is 779. The van der Waals surface area contributed by atoms with Crippen LogP contribution >= 0.6 is 0 Å². The van der Waals surface area contributed by atoms with E-state index < -0.39 is 0 Å². The lowest BCUT2D eigenvalue weighted by Crippen LogP contribution is -2.02. The van der Waals surface area contributed by atoms with E-state index in [1.165, 1.54) is 0 Å². The molecule has 0 radical (unpaired) electrons. The third-order valence-electron chi connectivity index (χ3n) is 3.10. The van der Waals surface area contributed by atoms with E-state index in [1.54, 1.807) is 35.1 Å². The highest BCUT2D eigenvalue weighted by Crippen LogP contribution is 2.18. The number of hydrogen-bond donors (Lipinski definition) is 1. The molecule has 0 saturated carbocycles. The fourth-order valence-corrected chi connectivity index (χ4v) is 2.08. The number of benzene rings is 1. The molecule has 0 aliphatic heterocycles. The molecule has 0 fully saturated rings. The SMILES string of the molecule is Cc1nc(Cn2cc(COc3cccc(O)c3)nn2)c(C)o1. The van der Waals surface area contributed by atoms with Crippen molar-refractivity contribution in [3.8, 4) is 11.5 Å². The number of rotatable bonds is 5. The zero-order valence-corrected chi connectivity index (χ0v) is 12.4. The van der Waals surface area contributed by atoms with Crippen LogP contribution < -0.4 is 4.74 Å². The van der Waals surface area contributed by atoms with Gasteiger partial charge < -0.3 is 14.3 Å². The molecule has 2 heterocycles. The number of phenolic OH excluding ortho intramolecular Hbond substituents is 1. The molecule has 3 aromatic rings. The number of aromatic hydroxyl groups is 1. The van der Waals surface area contributed by atoms with Crippen LogP contribution in [0.15, 0.2) is 34.9 Å². The molecule has 0 atom stereocenters. The summed E-state index contributed by atoms with van der Waals surface area (Å²) in [5.74, 6) is 2.17. The van der Waals surface area contributed by atoms with Gasteiger partial charge in [0.2, 0.25) is 0 Å². The van der Waals surface area contributed by atoms with Crippen LogP contribution in [0.3, 0.4) is 0 Å². The summed E-state index contributed by atoms with van der Waals surface area (Å²) in [6, 6.07) is 6.63. The van der Waals surface area contributed by atoms with Gasteiger partial charge in [-0.25, -0.2) is 9.67 Å². The van der Waals surface area contributed by atoms with E-state index in [9.17, 15) is 5.11 Å². The summed E-state index contributed by atoms with van der Waals surface area (Å²) in [6.07, 6.45) is 1.80. The molecule has 2 aromatic heterocycles. The van der Waals surface area contributed by atoms with E-state index in [0.29, 0.717) is 23.9 Å². The third kappa shape index (κ3) is 3.25. The van der Waals surface area contributed by atoms with Crippen molar-refractivity contribution in [3.05, 3.63) is 53.5 Å². The summed E-state index contributed by atoms with van der Waals surface area (Å²) in [4.78, 5) is 4.30. The van der Waals surface area contributed by atoms with Crippen LogP contribution in [0.2, 0.25) is 0 Å². The van der Waals surface area contributed by atoms with Crippen molar-refractivity contribution >= 4 is 0 Å². The standard InChI is InChI=1S/C15H16N4O3/c1-10-15(16-11(2)22-10)8-19-7-12(17-18-19)9-21-14-5-3-4-13(20)6-14/h3-7,20H,8-9H2,1-2H3. The molecule has 1 aromatic carbocycles. The number of nitrogens with zero attached hydrogens (tertiary/aromatic N) is 4. The summed E-state index contributed by atoms with van der Waals surface area (Å²) in [7, 11) is 0. The van der Waals surface area contributed by atoms with Crippen molar-refractivity contribution in [3.63, 3.8) is 0 Å². The lowest BCUT2D eigenvalue weighted by atomic mass is 10.3. The van der Waals surface area contributed by atoms with Gasteiger partial charge in [-0.3, -0.25) is 0 Å². The minimum atomic E-state index is 0.165.